The Labute approximate surface area is 112 Å². The van der Waals surface area contributed by atoms with Crippen LogP contribution in [0.1, 0.15) is 25.0 Å². The summed E-state index contributed by atoms with van der Waals surface area (Å²) < 4.78 is 0. The van der Waals surface area contributed by atoms with Crippen molar-refractivity contribution in [2.45, 2.75) is 33.7 Å². The molecule has 104 valence electrons. The van der Waals surface area contributed by atoms with Gasteiger partial charge in [-0.05, 0) is 31.4 Å². The van der Waals surface area contributed by atoms with Gasteiger partial charge in [0.2, 0.25) is 5.91 Å². The second-order valence-electron chi connectivity index (χ2n) is 4.97. The zero-order valence-corrected chi connectivity index (χ0v) is 11.6. The molecule has 0 radical (unpaired) electrons. The van der Waals surface area contributed by atoms with Crippen LogP contribution in [0.3, 0.4) is 0 Å². The Morgan fingerprint density at radius 3 is 2.37 bits per heavy atom. The smallest absolute Gasteiger partial charge is 0.272 e. The number of nitrogens with two attached hydrogens (primary N) is 1. The van der Waals surface area contributed by atoms with Gasteiger partial charge < -0.3 is 11.1 Å². The van der Waals surface area contributed by atoms with Gasteiger partial charge in [0, 0.05) is 17.3 Å². The minimum atomic E-state index is -0.602. The van der Waals surface area contributed by atoms with Crippen LogP contribution >= 0.6 is 0 Å². The van der Waals surface area contributed by atoms with E-state index in [2.05, 4.69) is 5.32 Å². The van der Waals surface area contributed by atoms with Gasteiger partial charge in [0.25, 0.3) is 5.69 Å². The van der Waals surface area contributed by atoms with Crippen molar-refractivity contribution in [3.8, 4) is 0 Å². The maximum Gasteiger partial charge on any atom is 0.272 e. The van der Waals surface area contributed by atoms with Crippen molar-refractivity contribution in [2.75, 3.05) is 5.32 Å². The van der Waals surface area contributed by atoms with Crippen LogP contribution in [0.25, 0.3) is 0 Å². The van der Waals surface area contributed by atoms with E-state index in [0.717, 1.165) is 0 Å². The summed E-state index contributed by atoms with van der Waals surface area (Å²) in [7, 11) is 0. The molecule has 0 saturated heterocycles. The molecule has 6 nitrogen and oxygen atoms in total. The van der Waals surface area contributed by atoms with Crippen LogP contribution in [0.5, 0.6) is 0 Å². The molecule has 0 heterocycles. The number of rotatable bonds is 4. The van der Waals surface area contributed by atoms with E-state index in [4.69, 9.17) is 5.73 Å². The first-order chi connectivity index (χ1) is 8.73. The molecule has 1 aromatic carbocycles. The molecule has 1 atom stereocenters. The first-order valence-electron chi connectivity index (χ1n) is 6.06. The highest BCUT2D eigenvalue weighted by Gasteiger charge is 2.19. The van der Waals surface area contributed by atoms with Crippen molar-refractivity contribution < 1.29 is 9.72 Å². The maximum absolute atomic E-state index is 11.9. The van der Waals surface area contributed by atoms with Crippen LogP contribution < -0.4 is 11.1 Å². The van der Waals surface area contributed by atoms with Crippen molar-refractivity contribution in [2.24, 2.45) is 11.7 Å². The number of anilines is 1. The summed E-state index contributed by atoms with van der Waals surface area (Å²) in [5, 5.41) is 13.5. The van der Waals surface area contributed by atoms with E-state index < -0.39 is 11.0 Å². The number of nitro benzene ring substituents is 1. The molecule has 0 saturated carbocycles. The Balaban J connectivity index is 3.01. The Morgan fingerprint density at radius 2 is 1.89 bits per heavy atom. The molecule has 0 bridgehead atoms. The van der Waals surface area contributed by atoms with E-state index in [9.17, 15) is 14.9 Å². The minimum Gasteiger partial charge on any atom is -0.324 e. The van der Waals surface area contributed by atoms with E-state index in [1.807, 2.05) is 13.8 Å². The lowest BCUT2D eigenvalue weighted by atomic mass is 10.0. The van der Waals surface area contributed by atoms with Crippen LogP contribution in [-0.2, 0) is 4.79 Å². The maximum atomic E-state index is 11.9. The van der Waals surface area contributed by atoms with Gasteiger partial charge in [-0.3, -0.25) is 14.9 Å². The quantitative estimate of drug-likeness (QED) is 0.643. The lowest BCUT2D eigenvalue weighted by Crippen LogP contribution is -2.39. The van der Waals surface area contributed by atoms with Crippen molar-refractivity contribution in [1.29, 1.82) is 0 Å². The topological polar surface area (TPSA) is 98.3 Å². The van der Waals surface area contributed by atoms with Crippen molar-refractivity contribution in [3.05, 3.63) is 33.4 Å². The molecule has 0 spiro atoms. The lowest BCUT2D eigenvalue weighted by Gasteiger charge is -2.16. The molecule has 19 heavy (non-hydrogen) atoms. The highest BCUT2D eigenvalue weighted by atomic mass is 16.6. The van der Waals surface area contributed by atoms with E-state index in [-0.39, 0.29) is 17.5 Å². The molecule has 6 heteroatoms. The number of carbonyl (C=O) groups is 1. The van der Waals surface area contributed by atoms with E-state index in [1.54, 1.807) is 19.9 Å². The van der Waals surface area contributed by atoms with E-state index in [0.29, 0.717) is 16.8 Å². The molecule has 0 unspecified atom stereocenters. The summed E-state index contributed by atoms with van der Waals surface area (Å²) in [6, 6.07) is 2.44. The number of nitrogens with zero attached hydrogens (tertiary/aromatic N) is 1. The Morgan fingerprint density at radius 1 is 1.32 bits per heavy atom. The molecule has 0 aliphatic carbocycles. The fourth-order valence-corrected chi connectivity index (χ4v) is 1.65. The SMILES string of the molecule is Cc1cc([N+](=O)[O-])c(C)cc1NC(=O)[C@H](N)C(C)C. The van der Waals surface area contributed by atoms with E-state index >= 15 is 0 Å². The average molecular weight is 265 g/mol. The fraction of sp³-hybridized carbons (Fsp3) is 0.462. The van der Waals surface area contributed by atoms with Crippen molar-refractivity contribution in [1.82, 2.24) is 0 Å². The molecule has 0 fully saturated rings. The third-order valence-corrected chi connectivity index (χ3v) is 3.02. The summed E-state index contributed by atoms with van der Waals surface area (Å²) in [4.78, 5) is 22.2. The number of aryl methyl sites for hydroxylation is 2. The highest BCUT2D eigenvalue weighted by molar-refractivity contribution is 5.95. The number of nitro groups is 1. The van der Waals surface area contributed by atoms with Crippen LogP contribution in [0.2, 0.25) is 0 Å². The molecule has 1 rings (SSSR count). The molecule has 0 aliphatic heterocycles. The second-order valence-corrected chi connectivity index (χ2v) is 4.97. The van der Waals surface area contributed by atoms with Gasteiger partial charge in [0.05, 0.1) is 11.0 Å². The van der Waals surface area contributed by atoms with Crippen molar-refractivity contribution >= 4 is 17.3 Å². The van der Waals surface area contributed by atoms with Crippen LogP contribution in [0.4, 0.5) is 11.4 Å². The van der Waals surface area contributed by atoms with Gasteiger partial charge in [-0.15, -0.1) is 0 Å². The van der Waals surface area contributed by atoms with Gasteiger partial charge in [-0.2, -0.15) is 0 Å². The van der Waals surface area contributed by atoms with Crippen LogP contribution in [-0.4, -0.2) is 16.9 Å². The number of amides is 1. The average Bonchev–Trinajstić information content (AvgIpc) is 2.31. The van der Waals surface area contributed by atoms with Gasteiger partial charge in [-0.1, -0.05) is 13.8 Å². The third kappa shape index (κ3) is 3.51. The summed E-state index contributed by atoms with van der Waals surface area (Å²) in [5.41, 5.74) is 7.50. The Kier molecular flexibility index (Phi) is 4.61. The van der Waals surface area contributed by atoms with Crippen LogP contribution in [0.15, 0.2) is 12.1 Å². The third-order valence-electron chi connectivity index (χ3n) is 3.02. The molecule has 0 aromatic heterocycles. The summed E-state index contributed by atoms with van der Waals surface area (Å²) in [6.07, 6.45) is 0. The fourth-order valence-electron chi connectivity index (χ4n) is 1.65. The van der Waals surface area contributed by atoms with Crippen LogP contribution in [0, 0.1) is 29.9 Å². The standard InChI is InChI=1S/C13H19N3O3/c1-7(2)12(14)13(17)15-10-5-9(4)11(16(18)19)6-8(10)3/h5-7,12H,14H2,1-4H3,(H,15,17)/t12-/m1/s1. The largest absolute Gasteiger partial charge is 0.324 e. The van der Waals surface area contributed by atoms with Gasteiger partial charge in [0.15, 0.2) is 0 Å². The van der Waals surface area contributed by atoms with Gasteiger partial charge >= 0.3 is 0 Å². The molecule has 3 N–H and O–H groups in total. The number of hydrogen-bond donors (Lipinski definition) is 2. The molecule has 1 aromatic rings. The molecular weight excluding hydrogens is 246 g/mol. The number of benzene rings is 1. The first kappa shape index (κ1) is 15.1. The normalized spacial score (nSPS) is 12.3. The van der Waals surface area contributed by atoms with Gasteiger partial charge in [-0.25, -0.2) is 0 Å². The monoisotopic (exact) mass is 265 g/mol. The Bertz CT molecular complexity index is 512. The number of carbonyl (C=O) groups excluding carboxylic acids is 1. The second kappa shape index (κ2) is 5.79. The predicted molar refractivity (Wildman–Crippen MR) is 74.0 cm³/mol. The van der Waals surface area contributed by atoms with Crippen molar-refractivity contribution in [3.63, 3.8) is 0 Å². The summed E-state index contributed by atoms with van der Waals surface area (Å²) >= 11 is 0. The summed E-state index contributed by atoms with van der Waals surface area (Å²) in [6.45, 7) is 7.06. The minimum absolute atomic E-state index is 0.0273. The Hall–Kier alpha value is -1.95. The lowest BCUT2D eigenvalue weighted by molar-refractivity contribution is -0.385. The zero-order valence-electron chi connectivity index (χ0n) is 11.6. The number of nitrogens with one attached hydrogen (secondary N) is 1. The van der Waals surface area contributed by atoms with Gasteiger partial charge in [0.1, 0.15) is 0 Å². The molecule has 1 amide bonds. The predicted octanol–water partition coefficient (Wildman–Crippen LogP) is 2.13. The first-order valence-corrected chi connectivity index (χ1v) is 6.06. The molecule has 0 aliphatic rings. The molecular formula is C13H19N3O3. The zero-order chi connectivity index (χ0) is 14.7. The highest BCUT2D eigenvalue weighted by Crippen LogP contribution is 2.26. The number of hydrogen-bond acceptors (Lipinski definition) is 4. The van der Waals surface area contributed by atoms with E-state index in [1.165, 1.54) is 6.07 Å². The summed E-state index contributed by atoms with van der Waals surface area (Å²) in [5.74, 6) is -0.259.